The van der Waals surface area contributed by atoms with Crippen molar-refractivity contribution >= 4 is 40.7 Å². The maximum absolute atomic E-state index is 12.8. The highest BCUT2D eigenvalue weighted by Crippen LogP contribution is 2.29. The minimum Gasteiger partial charge on any atom is -0.465 e. The minimum absolute atomic E-state index is 0.104. The van der Waals surface area contributed by atoms with Crippen LogP contribution in [0.15, 0.2) is 16.5 Å². The lowest BCUT2D eigenvalue weighted by Crippen LogP contribution is -2.57. The highest BCUT2D eigenvalue weighted by Gasteiger charge is 2.35. The number of hydrogen-bond acceptors (Lipinski definition) is 5. The summed E-state index contributed by atoms with van der Waals surface area (Å²) >= 11 is 6.08. The number of piperidine rings is 3. The van der Waals surface area contributed by atoms with Crippen LogP contribution in [0.25, 0.3) is 11.1 Å². The molecule has 2 amide bonds. The summed E-state index contributed by atoms with van der Waals surface area (Å²) in [4.78, 5) is 29.9. The number of hydrogen-bond donors (Lipinski definition) is 3. The molecule has 9 heteroatoms. The second-order valence-corrected chi connectivity index (χ2v) is 6.90. The number of anilines is 1. The van der Waals surface area contributed by atoms with Crippen molar-refractivity contribution in [2.75, 3.05) is 25.0 Å². The SMILES string of the molecule is O=C(O)Nc1nc2c(C(=O)NC3CN4CCC3CC4)cc(Cl)cc2o1. The fraction of sp³-hybridized carbons (Fsp3) is 0.438. The van der Waals surface area contributed by atoms with Crippen LogP contribution < -0.4 is 10.6 Å². The molecule has 1 unspecified atom stereocenters. The highest BCUT2D eigenvalue weighted by atomic mass is 35.5. The van der Waals surface area contributed by atoms with E-state index in [1.165, 1.54) is 12.1 Å². The molecule has 3 aliphatic heterocycles. The van der Waals surface area contributed by atoms with Crippen molar-refractivity contribution in [1.29, 1.82) is 0 Å². The Hall–Kier alpha value is -2.32. The number of carbonyl (C=O) groups excluding carboxylic acids is 1. The fourth-order valence-electron chi connectivity index (χ4n) is 3.69. The van der Waals surface area contributed by atoms with E-state index in [-0.39, 0.29) is 34.6 Å². The normalized spacial score (nSPS) is 25.1. The van der Waals surface area contributed by atoms with Crippen LogP contribution in [0.1, 0.15) is 23.2 Å². The van der Waals surface area contributed by atoms with Crippen molar-refractivity contribution in [3.05, 3.63) is 22.7 Å². The van der Waals surface area contributed by atoms with Crippen LogP contribution in [0.5, 0.6) is 0 Å². The summed E-state index contributed by atoms with van der Waals surface area (Å²) in [6.07, 6.45) is 0.884. The van der Waals surface area contributed by atoms with Crippen LogP contribution in [0, 0.1) is 5.92 Å². The van der Waals surface area contributed by atoms with Gasteiger partial charge in [-0.25, -0.2) is 10.1 Å². The van der Waals surface area contributed by atoms with Crippen molar-refractivity contribution in [1.82, 2.24) is 15.2 Å². The zero-order valence-corrected chi connectivity index (χ0v) is 14.0. The maximum atomic E-state index is 12.8. The van der Waals surface area contributed by atoms with Crippen molar-refractivity contribution in [3.63, 3.8) is 0 Å². The molecular weight excluding hydrogens is 348 g/mol. The van der Waals surface area contributed by atoms with Crippen LogP contribution in [0.3, 0.4) is 0 Å². The highest BCUT2D eigenvalue weighted by molar-refractivity contribution is 6.32. The minimum atomic E-state index is -1.30. The molecule has 3 aliphatic rings. The summed E-state index contributed by atoms with van der Waals surface area (Å²) in [5.41, 5.74) is 0.823. The number of benzene rings is 1. The van der Waals surface area contributed by atoms with Gasteiger partial charge >= 0.3 is 12.1 Å². The molecule has 0 saturated carbocycles. The number of nitrogens with one attached hydrogen (secondary N) is 2. The van der Waals surface area contributed by atoms with Crippen LogP contribution in [-0.4, -0.2) is 52.7 Å². The van der Waals surface area contributed by atoms with Gasteiger partial charge in [0.15, 0.2) is 5.58 Å². The van der Waals surface area contributed by atoms with Crippen LogP contribution in [-0.2, 0) is 0 Å². The smallest absolute Gasteiger partial charge is 0.412 e. The molecule has 3 saturated heterocycles. The van der Waals surface area contributed by atoms with E-state index in [1.807, 2.05) is 5.32 Å². The van der Waals surface area contributed by atoms with Gasteiger partial charge in [-0.3, -0.25) is 4.79 Å². The summed E-state index contributed by atoms with van der Waals surface area (Å²) in [5, 5.41) is 14.2. The molecule has 2 bridgehead atoms. The molecule has 5 rings (SSSR count). The lowest BCUT2D eigenvalue weighted by atomic mass is 9.84. The third-order valence-electron chi connectivity index (χ3n) is 4.89. The van der Waals surface area contributed by atoms with Crippen molar-refractivity contribution in [2.45, 2.75) is 18.9 Å². The van der Waals surface area contributed by atoms with E-state index in [9.17, 15) is 9.59 Å². The molecule has 1 atom stereocenters. The number of carboxylic acid groups (broad SMARTS) is 1. The van der Waals surface area contributed by atoms with Gasteiger partial charge in [0, 0.05) is 23.7 Å². The summed E-state index contributed by atoms with van der Waals surface area (Å²) in [6, 6.07) is 2.93. The number of nitrogens with zero attached hydrogens (tertiary/aromatic N) is 2. The van der Waals surface area contributed by atoms with E-state index in [1.54, 1.807) is 0 Å². The third-order valence-corrected chi connectivity index (χ3v) is 5.11. The van der Waals surface area contributed by atoms with E-state index in [2.05, 4.69) is 15.2 Å². The van der Waals surface area contributed by atoms with Crippen LogP contribution >= 0.6 is 11.6 Å². The average Bonchev–Trinajstić information content (AvgIpc) is 2.96. The molecule has 8 nitrogen and oxygen atoms in total. The molecular formula is C16H17ClN4O4. The number of aromatic nitrogens is 1. The number of fused-ring (bicyclic) bond motifs is 4. The van der Waals surface area contributed by atoms with Gasteiger partial charge in [-0.2, -0.15) is 4.98 Å². The van der Waals surface area contributed by atoms with Crippen molar-refractivity contribution in [3.8, 4) is 0 Å². The number of halogens is 1. The summed E-state index contributed by atoms with van der Waals surface area (Å²) in [7, 11) is 0. The fourth-order valence-corrected chi connectivity index (χ4v) is 3.90. The maximum Gasteiger partial charge on any atom is 0.412 e. The van der Waals surface area contributed by atoms with Gasteiger partial charge < -0.3 is 19.7 Å². The summed E-state index contributed by atoms with van der Waals surface area (Å²) < 4.78 is 5.31. The monoisotopic (exact) mass is 364 g/mol. The lowest BCUT2D eigenvalue weighted by molar-refractivity contribution is 0.0621. The lowest BCUT2D eigenvalue weighted by Gasteiger charge is -2.44. The first-order valence-corrected chi connectivity index (χ1v) is 8.50. The average molecular weight is 365 g/mol. The van der Waals surface area contributed by atoms with Gasteiger partial charge in [0.1, 0.15) is 5.52 Å². The van der Waals surface area contributed by atoms with Gasteiger partial charge in [-0.05, 0) is 37.9 Å². The van der Waals surface area contributed by atoms with Gasteiger partial charge in [-0.1, -0.05) is 11.6 Å². The Labute approximate surface area is 148 Å². The molecule has 3 N–H and O–H groups in total. The number of carbonyl (C=O) groups is 2. The van der Waals surface area contributed by atoms with Crippen molar-refractivity contribution in [2.24, 2.45) is 5.92 Å². The zero-order chi connectivity index (χ0) is 17.6. The van der Waals surface area contributed by atoms with E-state index in [4.69, 9.17) is 21.1 Å². The second kappa shape index (κ2) is 6.20. The van der Waals surface area contributed by atoms with Crippen molar-refractivity contribution < 1.29 is 19.1 Å². The molecule has 0 radical (unpaired) electrons. The second-order valence-electron chi connectivity index (χ2n) is 6.47. The molecule has 1 aromatic heterocycles. The first kappa shape index (κ1) is 16.2. The van der Waals surface area contributed by atoms with Gasteiger partial charge in [0.2, 0.25) is 0 Å². The Morgan fingerprint density at radius 3 is 2.72 bits per heavy atom. The summed E-state index contributed by atoms with van der Waals surface area (Å²) in [5.74, 6) is 0.214. The number of rotatable bonds is 3. The number of amides is 2. The predicted molar refractivity (Wildman–Crippen MR) is 91.1 cm³/mol. The molecule has 0 spiro atoms. The molecule has 132 valence electrons. The molecule has 0 aliphatic carbocycles. The summed E-state index contributed by atoms with van der Waals surface area (Å²) in [6.45, 7) is 3.03. The third kappa shape index (κ3) is 3.14. The van der Waals surface area contributed by atoms with E-state index in [0.717, 1.165) is 32.5 Å². The molecule has 1 aromatic carbocycles. The molecule has 4 heterocycles. The Balaban J connectivity index is 1.62. The van der Waals surface area contributed by atoms with Crippen LogP contribution in [0.2, 0.25) is 5.02 Å². The van der Waals surface area contributed by atoms with E-state index in [0.29, 0.717) is 10.9 Å². The first-order chi connectivity index (χ1) is 12.0. The zero-order valence-electron chi connectivity index (χ0n) is 13.3. The molecule has 2 aromatic rings. The van der Waals surface area contributed by atoms with Gasteiger partial charge in [0.25, 0.3) is 5.91 Å². The van der Waals surface area contributed by atoms with Gasteiger partial charge in [-0.15, -0.1) is 0 Å². The topological polar surface area (TPSA) is 108 Å². The van der Waals surface area contributed by atoms with E-state index >= 15 is 0 Å². The number of oxazole rings is 1. The first-order valence-electron chi connectivity index (χ1n) is 8.13. The Kier molecular flexibility index (Phi) is 4.01. The Morgan fingerprint density at radius 2 is 2.08 bits per heavy atom. The molecule has 25 heavy (non-hydrogen) atoms. The quantitative estimate of drug-likeness (QED) is 0.771. The standard InChI is InChI=1S/C16H17ClN4O4/c17-9-5-10(13-12(6-9)25-15(19-13)20-16(23)24)14(22)18-11-7-21-3-1-8(11)2-4-21/h5-6,8,11H,1-4,7H2,(H,18,22)(H,19,20)(H,23,24). The molecule has 3 fully saturated rings. The van der Waals surface area contributed by atoms with Gasteiger partial charge in [0.05, 0.1) is 5.56 Å². The van der Waals surface area contributed by atoms with Crippen LogP contribution in [0.4, 0.5) is 10.8 Å². The predicted octanol–water partition coefficient (Wildman–Crippen LogP) is 2.40. The largest absolute Gasteiger partial charge is 0.465 e. The Morgan fingerprint density at radius 1 is 1.32 bits per heavy atom. The van der Waals surface area contributed by atoms with E-state index < -0.39 is 6.09 Å². The Bertz CT molecular complexity index is 844.